The Balaban J connectivity index is 1.06. The molecule has 6 heterocycles. The minimum Gasteiger partial charge on any atom is -0.278 e. The predicted molar refractivity (Wildman–Crippen MR) is 253 cm³/mol. The first-order valence-electron chi connectivity index (χ1n) is 20.8. The second-order valence-electron chi connectivity index (χ2n) is 15.5. The van der Waals surface area contributed by atoms with Crippen LogP contribution in [0.5, 0.6) is 0 Å². The Hall–Kier alpha value is -8.75. The van der Waals surface area contributed by atoms with Crippen molar-refractivity contribution in [2.75, 3.05) is 0 Å². The van der Waals surface area contributed by atoms with Crippen molar-refractivity contribution in [3.63, 3.8) is 0 Å². The van der Waals surface area contributed by atoms with Gasteiger partial charge in [-0.2, -0.15) is 0 Å². The van der Waals surface area contributed by atoms with Crippen LogP contribution in [0.1, 0.15) is 0 Å². The highest BCUT2D eigenvalue weighted by atomic mass is 15.1. The maximum Gasteiger partial charge on any atom is 0.164 e. The summed E-state index contributed by atoms with van der Waals surface area (Å²) in [6, 6.07) is 64.5. The van der Waals surface area contributed by atoms with Crippen molar-refractivity contribution in [1.29, 1.82) is 0 Å². The molecular weight excluding hydrogens is 773 g/mol. The Bertz CT molecular complexity index is 3620. The molecule has 6 aromatic heterocycles. The van der Waals surface area contributed by atoms with E-state index in [-0.39, 0.29) is 0 Å². The molecule has 0 spiro atoms. The number of hydrogen-bond donors (Lipinski definition) is 0. The minimum absolute atomic E-state index is 0.578. The quantitative estimate of drug-likeness (QED) is 0.148. The van der Waals surface area contributed by atoms with Gasteiger partial charge in [0.15, 0.2) is 17.5 Å². The molecule has 12 aromatic rings. The Kier molecular flexibility index (Phi) is 8.64. The first-order valence-corrected chi connectivity index (χ1v) is 20.8. The van der Waals surface area contributed by atoms with Gasteiger partial charge in [0, 0.05) is 62.4 Å². The molecule has 0 atom stereocenters. The van der Waals surface area contributed by atoms with Gasteiger partial charge >= 0.3 is 0 Å². The third-order valence-electron chi connectivity index (χ3n) is 11.6. The number of benzene rings is 6. The lowest BCUT2D eigenvalue weighted by atomic mass is 9.94. The Morgan fingerprint density at radius 2 is 0.905 bits per heavy atom. The Labute approximate surface area is 362 Å². The van der Waals surface area contributed by atoms with Crippen molar-refractivity contribution in [1.82, 2.24) is 39.5 Å². The highest BCUT2D eigenvalue weighted by Crippen LogP contribution is 2.38. The first-order chi connectivity index (χ1) is 31.2. The van der Waals surface area contributed by atoms with Crippen molar-refractivity contribution >= 4 is 43.7 Å². The molecule has 6 aromatic carbocycles. The van der Waals surface area contributed by atoms with E-state index in [2.05, 4.69) is 102 Å². The molecule has 0 aliphatic heterocycles. The average molecular weight is 807 g/mol. The summed E-state index contributed by atoms with van der Waals surface area (Å²) in [5.41, 5.74) is 12.3. The zero-order valence-corrected chi connectivity index (χ0v) is 33.7. The number of pyridine rings is 4. The second-order valence-corrected chi connectivity index (χ2v) is 15.5. The zero-order valence-electron chi connectivity index (χ0n) is 33.7. The van der Waals surface area contributed by atoms with Crippen LogP contribution in [0.15, 0.2) is 207 Å². The molecule has 8 nitrogen and oxygen atoms in total. The summed E-state index contributed by atoms with van der Waals surface area (Å²) in [5.74, 6) is 2.61. The normalized spacial score (nSPS) is 11.5. The van der Waals surface area contributed by atoms with Crippen molar-refractivity contribution in [3.8, 4) is 73.5 Å². The van der Waals surface area contributed by atoms with Crippen LogP contribution in [0.4, 0.5) is 0 Å². The van der Waals surface area contributed by atoms with Crippen LogP contribution in [0.2, 0.25) is 0 Å². The summed E-state index contributed by atoms with van der Waals surface area (Å²) >= 11 is 0. The van der Waals surface area contributed by atoms with Gasteiger partial charge in [0.1, 0.15) is 11.5 Å². The first kappa shape index (κ1) is 36.1. The van der Waals surface area contributed by atoms with E-state index in [4.69, 9.17) is 34.9 Å². The van der Waals surface area contributed by atoms with E-state index < -0.39 is 0 Å². The van der Waals surface area contributed by atoms with E-state index >= 15 is 0 Å². The number of nitrogens with zero attached hydrogens (tertiary/aromatic N) is 8. The van der Waals surface area contributed by atoms with Gasteiger partial charge in [-0.05, 0) is 95.1 Å². The van der Waals surface area contributed by atoms with Gasteiger partial charge in [-0.25, -0.2) is 29.9 Å². The summed E-state index contributed by atoms with van der Waals surface area (Å²) in [5, 5.41) is 4.24. The molecule has 294 valence electrons. The summed E-state index contributed by atoms with van der Waals surface area (Å²) in [6.07, 6.45) is 5.47. The molecule has 0 aliphatic carbocycles. The zero-order chi connectivity index (χ0) is 41.7. The average Bonchev–Trinajstić information content (AvgIpc) is 3.70. The van der Waals surface area contributed by atoms with E-state index in [0.29, 0.717) is 17.5 Å². The van der Waals surface area contributed by atoms with E-state index in [1.807, 2.05) is 110 Å². The maximum absolute atomic E-state index is 5.19. The summed E-state index contributed by atoms with van der Waals surface area (Å²) in [6.45, 7) is 0. The number of rotatable bonds is 7. The lowest BCUT2D eigenvalue weighted by molar-refractivity contribution is 1.06. The molecule has 0 saturated heterocycles. The standard InChI is InChI=1S/C55H34N8/c1-3-12-37(13-4-1)52-60-53(38-14-5-2-6-15-38)62-54(61-52)44-32-42(39-16-9-17-41(30-39)47-25-23-36-22-21-35-18-10-28-57-50(35)51(36)59-47)31-43(33-44)40-24-26-48-46(34-40)45-19-11-29-58-55(45)63(48)49-20-7-8-27-56-49/h1-34H. The van der Waals surface area contributed by atoms with Gasteiger partial charge in [-0.15, -0.1) is 0 Å². The predicted octanol–water partition coefficient (Wildman–Crippen LogP) is 12.9. The van der Waals surface area contributed by atoms with Crippen molar-refractivity contribution in [3.05, 3.63) is 207 Å². The Morgan fingerprint density at radius 3 is 1.65 bits per heavy atom. The second kappa shape index (κ2) is 15.1. The lowest BCUT2D eigenvalue weighted by Gasteiger charge is -2.13. The van der Waals surface area contributed by atoms with Crippen LogP contribution in [-0.4, -0.2) is 39.5 Å². The number of fused-ring (bicyclic) bond motifs is 6. The third kappa shape index (κ3) is 6.54. The van der Waals surface area contributed by atoms with Crippen molar-refractivity contribution in [2.24, 2.45) is 0 Å². The van der Waals surface area contributed by atoms with Gasteiger partial charge in [0.05, 0.1) is 22.2 Å². The van der Waals surface area contributed by atoms with Crippen molar-refractivity contribution < 1.29 is 0 Å². The summed E-state index contributed by atoms with van der Waals surface area (Å²) < 4.78 is 2.13. The fourth-order valence-electron chi connectivity index (χ4n) is 8.51. The molecule has 0 unspecified atom stereocenters. The summed E-state index contributed by atoms with van der Waals surface area (Å²) in [7, 11) is 0. The van der Waals surface area contributed by atoms with E-state index in [1.54, 1.807) is 0 Å². The molecule has 0 bridgehead atoms. The van der Waals surface area contributed by atoms with Gasteiger partial charge in [-0.3, -0.25) is 9.55 Å². The van der Waals surface area contributed by atoms with Gasteiger partial charge in [0.2, 0.25) is 0 Å². The highest BCUT2D eigenvalue weighted by molar-refractivity contribution is 6.09. The molecule has 0 aliphatic rings. The fourth-order valence-corrected chi connectivity index (χ4v) is 8.51. The molecule has 12 rings (SSSR count). The maximum atomic E-state index is 5.19. The fraction of sp³-hybridized carbons (Fsp3) is 0. The smallest absolute Gasteiger partial charge is 0.164 e. The van der Waals surface area contributed by atoms with E-state index in [1.165, 1.54) is 0 Å². The largest absolute Gasteiger partial charge is 0.278 e. The number of hydrogen-bond acceptors (Lipinski definition) is 7. The molecule has 8 heteroatoms. The highest BCUT2D eigenvalue weighted by Gasteiger charge is 2.18. The Morgan fingerprint density at radius 1 is 0.317 bits per heavy atom. The summed E-state index contributed by atoms with van der Waals surface area (Å²) in [4.78, 5) is 34.7. The molecular formula is C55H34N8. The topological polar surface area (TPSA) is 95.2 Å². The molecule has 63 heavy (non-hydrogen) atoms. The SMILES string of the molecule is c1ccc(-c2nc(-c3ccccc3)nc(-c3cc(-c4cccc(-c5ccc6ccc7cccnc7c6n5)c4)cc(-c4ccc5c(c4)c4cccnc4n5-c4ccccn4)c3)n2)cc1. The molecule has 0 N–H and O–H groups in total. The van der Waals surface area contributed by atoms with E-state index in [0.717, 1.165) is 99.8 Å². The van der Waals surface area contributed by atoms with Crippen LogP contribution in [0, 0.1) is 0 Å². The molecule has 0 amide bonds. The van der Waals surface area contributed by atoms with Gasteiger partial charge in [0.25, 0.3) is 0 Å². The van der Waals surface area contributed by atoms with Crippen LogP contribution in [0.25, 0.3) is 117 Å². The van der Waals surface area contributed by atoms with Crippen LogP contribution in [-0.2, 0) is 0 Å². The van der Waals surface area contributed by atoms with E-state index in [9.17, 15) is 0 Å². The van der Waals surface area contributed by atoms with Crippen LogP contribution in [0.3, 0.4) is 0 Å². The van der Waals surface area contributed by atoms with Crippen LogP contribution < -0.4 is 0 Å². The molecule has 0 radical (unpaired) electrons. The number of aromatic nitrogens is 8. The molecule has 0 fully saturated rings. The van der Waals surface area contributed by atoms with Gasteiger partial charge < -0.3 is 0 Å². The van der Waals surface area contributed by atoms with Crippen molar-refractivity contribution in [2.45, 2.75) is 0 Å². The molecule has 0 saturated carbocycles. The van der Waals surface area contributed by atoms with Gasteiger partial charge in [-0.1, -0.05) is 115 Å². The monoisotopic (exact) mass is 806 g/mol. The van der Waals surface area contributed by atoms with Crippen LogP contribution >= 0.6 is 0 Å². The minimum atomic E-state index is 0.578. The lowest BCUT2D eigenvalue weighted by Crippen LogP contribution is -2.00. The third-order valence-corrected chi connectivity index (χ3v) is 11.6.